The molecule has 0 unspecified atom stereocenters. The molecule has 0 amide bonds. The van der Waals surface area contributed by atoms with Gasteiger partial charge in [-0.2, -0.15) is 0 Å². The zero-order valence-electron chi connectivity index (χ0n) is 13.7. The topological polar surface area (TPSA) is 26.3 Å². The number of ether oxygens (including phenoxy) is 1. The SMILES string of the molecule is COC(=O)Cc1ccccc1C(c1ccccc1)c1ccccc1. The highest BCUT2D eigenvalue weighted by Gasteiger charge is 2.20. The summed E-state index contributed by atoms with van der Waals surface area (Å²) in [6.07, 6.45) is 0.281. The summed E-state index contributed by atoms with van der Waals surface area (Å²) in [5.41, 5.74) is 4.56. The van der Waals surface area contributed by atoms with Crippen molar-refractivity contribution in [3.05, 3.63) is 107 Å². The van der Waals surface area contributed by atoms with E-state index in [1.54, 1.807) is 0 Å². The van der Waals surface area contributed by atoms with Crippen LogP contribution in [0, 0.1) is 0 Å². The van der Waals surface area contributed by atoms with Crippen LogP contribution in [-0.2, 0) is 16.0 Å². The molecule has 120 valence electrons. The highest BCUT2D eigenvalue weighted by Crippen LogP contribution is 2.34. The molecule has 0 bridgehead atoms. The quantitative estimate of drug-likeness (QED) is 0.508. The van der Waals surface area contributed by atoms with Crippen molar-refractivity contribution in [2.24, 2.45) is 0 Å². The van der Waals surface area contributed by atoms with Gasteiger partial charge in [0.2, 0.25) is 0 Å². The van der Waals surface area contributed by atoms with E-state index < -0.39 is 0 Å². The number of hydrogen-bond donors (Lipinski definition) is 0. The second-order valence-corrected chi connectivity index (χ2v) is 5.71. The molecule has 0 fully saturated rings. The Hall–Kier alpha value is -2.87. The van der Waals surface area contributed by atoms with Crippen LogP contribution in [0.3, 0.4) is 0 Å². The summed E-state index contributed by atoms with van der Waals surface area (Å²) in [7, 11) is 1.43. The second kappa shape index (κ2) is 7.60. The Morgan fingerprint density at radius 2 is 1.29 bits per heavy atom. The Kier molecular flexibility index (Phi) is 5.07. The van der Waals surface area contributed by atoms with E-state index in [2.05, 4.69) is 30.3 Å². The van der Waals surface area contributed by atoms with Gasteiger partial charge >= 0.3 is 5.97 Å². The number of carbonyl (C=O) groups is 1. The number of methoxy groups -OCH3 is 1. The van der Waals surface area contributed by atoms with E-state index in [4.69, 9.17) is 4.74 Å². The zero-order chi connectivity index (χ0) is 16.8. The minimum atomic E-state index is -0.220. The molecule has 3 aromatic rings. The minimum absolute atomic E-state index is 0.0910. The summed E-state index contributed by atoms with van der Waals surface area (Å²) in [4.78, 5) is 11.8. The summed E-state index contributed by atoms with van der Waals surface area (Å²) in [5, 5.41) is 0. The Morgan fingerprint density at radius 1 is 0.792 bits per heavy atom. The van der Waals surface area contributed by atoms with E-state index >= 15 is 0 Å². The first-order chi connectivity index (χ1) is 11.8. The van der Waals surface area contributed by atoms with Gasteiger partial charge in [-0.3, -0.25) is 4.79 Å². The third-order valence-electron chi connectivity index (χ3n) is 4.19. The van der Waals surface area contributed by atoms with Crippen molar-refractivity contribution in [3.8, 4) is 0 Å². The maximum absolute atomic E-state index is 11.8. The van der Waals surface area contributed by atoms with Gasteiger partial charge in [0.05, 0.1) is 13.5 Å². The maximum Gasteiger partial charge on any atom is 0.309 e. The van der Waals surface area contributed by atoms with Crippen LogP contribution in [0.5, 0.6) is 0 Å². The molecule has 0 N–H and O–H groups in total. The first-order valence-electron chi connectivity index (χ1n) is 8.04. The predicted molar refractivity (Wildman–Crippen MR) is 96.0 cm³/mol. The monoisotopic (exact) mass is 316 g/mol. The molecule has 3 rings (SSSR count). The third-order valence-corrected chi connectivity index (χ3v) is 4.19. The highest BCUT2D eigenvalue weighted by atomic mass is 16.5. The van der Waals surface area contributed by atoms with Gasteiger partial charge in [-0.15, -0.1) is 0 Å². The lowest BCUT2D eigenvalue weighted by Gasteiger charge is -2.21. The lowest BCUT2D eigenvalue weighted by atomic mass is 9.82. The average molecular weight is 316 g/mol. The molecule has 0 heterocycles. The number of carbonyl (C=O) groups excluding carboxylic acids is 1. The lowest BCUT2D eigenvalue weighted by molar-refractivity contribution is -0.139. The number of rotatable bonds is 5. The van der Waals surface area contributed by atoms with E-state index in [1.165, 1.54) is 18.2 Å². The molecule has 3 aromatic carbocycles. The van der Waals surface area contributed by atoms with Crippen molar-refractivity contribution >= 4 is 5.97 Å². The van der Waals surface area contributed by atoms with Crippen LogP contribution in [0.2, 0.25) is 0 Å². The molecule has 2 heteroatoms. The van der Waals surface area contributed by atoms with Gasteiger partial charge in [0.25, 0.3) is 0 Å². The van der Waals surface area contributed by atoms with Gasteiger partial charge < -0.3 is 4.74 Å². The zero-order valence-corrected chi connectivity index (χ0v) is 13.7. The van der Waals surface area contributed by atoms with E-state index in [9.17, 15) is 4.79 Å². The van der Waals surface area contributed by atoms with Gasteiger partial charge in [-0.25, -0.2) is 0 Å². The van der Waals surface area contributed by atoms with Crippen LogP contribution in [0.15, 0.2) is 84.9 Å². The Bertz CT molecular complexity index is 755. The summed E-state index contributed by atoms with van der Waals surface area (Å²) >= 11 is 0. The maximum atomic E-state index is 11.8. The lowest BCUT2D eigenvalue weighted by Crippen LogP contribution is -2.11. The number of hydrogen-bond acceptors (Lipinski definition) is 2. The van der Waals surface area contributed by atoms with Crippen LogP contribution >= 0.6 is 0 Å². The Balaban J connectivity index is 2.12. The van der Waals surface area contributed by atoms with Crippen molar-refractivity contribution in [2.45, 2.75) is 12.3 Å². The molecule has 0 radical (unpaired) electrons. The van der Waals surface area contributed by atoms with Crippen molar-refractivity contribution in [3.63, 3.8) is 0 Å². The fourth-order valence-electron chi connectivity index (χ4n) is 3.05. The molecule has 0 aliphatic carbocycles. The van der Waals surface area contributed by atoms with Gasteiger partial charge in [0, 0.05) is 5.92 Å². The second-order valence-electron chi connectivity index (χ2n) is 5.71. The number of esters is 1. The molecule has 0 saturated carbocycles. The molecule has 2 nitrogen and oxygen atoms in total. The fourth-order valence-corrected chi connectivity index (χ4v) is 3.05. The van der Waals surface area contributed by atoms with Gasteiger partial charge in [-0.1, -0.05) is 84.9 Å². The van der Waals surface area contributed by atoms with E-state index in [0.29, 0.717) is 0 Å². The Morgan fingerprint density at radius 3 is 1.83 bits per heavy atom. The van der Waals surface area contributed by atoms with Gasteiger partial charge in [0.1, 0.15) is 0 Å². The van der Waals surface area contributed by atoms with Crippen molar-refractivity contribution < 1.29 is 9.53 Å². The minimum Gasteiger partial charge on any atom is -0.469 e. The van der Waals surface area contributed by atoms with Gasteiger partial charge in [-0.05, 0) is 22.3 Å². The average Bonchev–Trinajstić information content (AvgIpc) is 2.65. The summed E-state index contributed by atoms with van der Waals surface area (Å²) in [5.74, 6) is -0.129. The predicted octanol–water partition coefficient (Wildman–Crippen LogP) is 4.58. The summed E-state index contributed by atoms with van der Waals surface area (Å²) in [6.45, 7) is 0. The van der Waals surface area contributed by atoms with Gasteiger partial charge in [0.15, 0.2) is 0 Å². The van der Waals surface area contributed by atoms with Crippen LogP contribution < -0.4 is 0 Å². The van der Waals surface area contributed by atoms with E-state index in [0.717, 1.165) is 11.1 Å². The fraction of sp³-hybridized carbons (Fsp3) is 0.136. The number of benzene rings is 3. The largest absolute Gasteiger partial charge is 0.469 e. The van der Waals surface area contributed by atoms with Crippen molar-refractivity contribution in [1.82, 2.24) is 0 Å². The first-order valence-corrected chi connectivity index (χ1v) is 8.04. The van der Waals surface area contributed by atoms with Crippen LogP contribution in [0.4, 0.5) is 0 Å². The summed E-state index contributed by atoms with van der Waals surface area (Å²) < 4.78 is 4.86. The molecule has 0 spiro atoms. The van der Waals surface area contributed by atoms with E-state index in [-0.39, 0.29) is 18.3 Å². The standard InChI is InChI=1S/C22H20O2/c1-24-21(23)16-19-14-8-9-15-20(19)22(17-10-4-2-5-11-17)18-12-6-3-7-13-18/h2-15,22H,16H2,1H3. The molecule has 0 aromatic heterocycles. The first kappa shape index (κ1) is 16.0. The smallest absolute Gasteiger partial charge is 0.309 e. The molecule has 0 saturated heterocycles. The molecule has 0 atom stereocenters. The summed E-state index contributed by atoms with van der Waals surface area (Å²) in [6, 6.07) is 28.9. The molecular weight excluding hydrogens is 296 g/mol. The van der Waals surface area contributed by atoms with Crippen molar-refractivity contribution in [1.29, 1.82) is 0 Å². The molecule has 0 aliphatic heterocycles. The van der Waals surface area contributed by atoms with Crippen LogP contribution in [-0.4, -0.2) is 13.1 Å². The van der Waals surface area contributed by atoms with Crippen LogP contribution in [0.25, 0.3) is 0 Å². The normalized spacial score (nSPS) is 10.6. The third kappa shape index (κ3) is 3.54. The molecule has 0 aliphatic rings. The molecular formula is C22H20O2. The van der Waals surface area contributed by atoms with Crippen LogP contribution in [0.1, 0.15) is 28.2 Å². The van der Waals surface area contributed by atoms with E-state index in [1.807, 2.05) is 54.6 Å². The highest BCUT2D eigenvalue weighted by molar-refractivity contribution is 5.73. The molecule has 24 heavy (non-hydrogen) atoms. The van der Waals surface area contributed by atoms with Crippen molar-refractivity contribution in [2.75, 3.05) is 7.11 Å². The Labute approximate surface area is 142 Å².